The average Bonchev–Trinajstić information content (AvgIpc) is 2.37. The first-order valence-electron chi connectivity index (χ1n) is 6.87. The first-order chi connectivity index (χ1) is 9.35. The summed E-state index contributed by atoms with van der Waals surface area (Å²) in [7, 11) is 1.84. The standard InChI is InChI=1S/C15H24FN3O/c1-10(2)19(4)14-6-5-12(8-13(14)16)18-15(20)7-11(3)9-17/h5-6,8,10-11H,7,9,17H2,1-4H3,(H,18,20). The average molecular weight is 281 g/mol. The number of rotatable bonds is 6. The Morgan fingerprint density at radius 3 is 2.55 bits per heavy atom. The van der Waals surface area contributed by atoms with Gasteiger partial charge >= 0.3 is 0 Å². The first-order valence-corrected chi connectivity index (χ1v) is 6.87. The number of amides is 1. The number of hydrogen-bond donors (Lipinski definition) is 2. The number of nitrogens with zero attached hydrogens (tertiary/aromatic N) is 1. The third-order valence-electron chi connectivity index (χ3n) is 3.32. The van der Waals surface area contributed by atoms with Crippen LogP contribution < -0.4 is 16.0 Å². The van der Waals surface area contributed by atoms with Gasteiger partial charge in [0.25, 0.3) is 0 Å². The first kappa shape index (κ1) is 16.4. The second-order valence-corrected chi connectivity index (χ2v) is 5.46. The zero-order valence-electron chi connectivity index (χ0n) is 12.6. The Balaban J connectivity index is 2.75. The van der Waals surface area contributed by atoms with Gasteiger partial charge in [-0.1, -0.05) is 6.92 Å². The number of halogens is 1. The molecule has 1 unspecified atom stereocenters. The predicted molar refractivity (Wildman–Crippen MR) is 81.4 cm³/mol. The fourth-order valence-electron chi connectivity index (χ4n) is 1.76. The third kappa shape index (κ3) is 4.49. The summed E-state index contributed by atoms with van der Waals surface area (Å²) in [4.78, 5) is 13.6. The van der Waals surface area contributed by atoms with E-state index in [0.29, 0.717) is 24.3 Å². The Morgan fingerprint density at radius 2 is 2.05 bits per heavy atom. The lowest BCUT2D eigenvalue weighted by Crippen LogP contribution is -2.26. The van der Waals surface area contributed by atoms with E-state index in [1.807, 2.05) is 32.7 Å². The molecule has 0 aromatic heterocycles. The van der Waals surface area contributed by atoms with Crippen LogP contribution in [0.3, 0.4) is 0 Å². The lowest BCUT2D eigenvalue weighted by molar-refractivity contribution is -0.116. The molecule has 0 radical (unpaired) electrons. The number of anilines is 2. The van der Waals surface area contributed by atoms with E-state index in [1.165, 1.54) is 6.07 Å². The molecule has 4 nitrogen and oxygen atoms in total. The number of carbonyl (C=O) groups excluding carboxylic acids is 1. The van der Waals surface area contributed by atoms with Crippen LogP contribution in [-0.2, 0) is 4.79 Å². The number of benzene rings is 1. The topological polar surface area (TPSA) is 58.4 Å². The smallest absolute Gasteiger partial charge is 0.224 e. The van der Waals surface area contributed by atoms with Crippen molar-refractivity contribution in [1.29, 1.82) is 0 Å². The molecular weight excluding hydrogens is 257 g/mol. The summed E-state index contributed by atoms with van der Waals surface area (Å²) in [6.45, 7) is 6.34. The van der Waals surface area contributed by atoms with Crippen LogP contribution in [0.25, 0.3) is 0 Å². The van der Waals surface area contributed by atoms with E-state index in [1.54, 1.807) is 12.1 Å². The van der Waals surface area contributed by atoms with Gasteiger partial charge in [0.2, 0.25) is 5.91 Å². The van der Waals surface area contributed by atoms with E-state index < -0.39 is 0 Å². The molecule has 1 aromatic carbocycles. The lowest BCUT2D eigenvalue weighted by atomic mass is 10.1. The van der Waals surface area contributed by atoms with Gasteiger partial charge in [0, 0.05) is 25.2 Å². The van der Waals surface area contributed by atoms with E-state index in [2.05, 4.69) is 5.32 Å². The van der Waals surface area contributed by atoms with Gasteiger partial charge in [-0.05, 0) is 44.5 Å². The number of hydrogen-bond acceptors (Lipinski definition) is 3. The summed E-state index contributed by atoms with van der Waals surface area (Å²) in [5.74, 6) is -0.371. The van der Waals surface area contributed by atoms with Crippen molar-refractivity contribution in [2.24, 2.45) is 11.7 Å². The second-order valence-electron chi connectivity index (χ2n) is 5.46. The number of nitrogens with two attached hydrogens (primary N) is 1. The van der Waals surface area contributed by atoms with E-state index in [0.717, 1.165) is 0 Å². The normalized spacial score (nSPS) is 12.3. The van der Waals surface area contributed by atoms with Crippen molar-refractivity contribution in [3.05, 3.63) is 24.0 Å². The maximum absolute atomic E-state index is 14.0. The molecule has 0 fully saturated rings. The Morgan fingerprint density at radius 1 is 1.40 bits per heavy atom. The van der Waals surface area contributed by atoms with Gasteiger partial charge in [0.1, 0.15) is 5.82 Å². The van der Waals surface area contributed by atoms with E-state index >= 15 is 0 Å². The van der Waals surface area contributed by atoms with Crippen LogP contribution >= 0.6 is 0 Å². The molecule has 0 bridgehead atoms. The van der Waals surface area contributed by atoms with Crippen LogP contribution in [-0.4, -0.2) is 25.5 Å². The molecule has 5 heteroatoms. The van der Waals surface area contributed by atoms with Crippen molar-refractivity contribution in [3.8, 4) is 0 Å². The van der Waals surface area contributed by atoms with E-state index in [-0.39, 0.29) is 23.7 Å². The minimum absolute atomic E-state index is 0.117. The summed E-state index contributed by atoms with van der Waals surface area (Å²) < 4.78 is 14.0. The van der Waals surface area contributed by atoms with Crippen molar-refractivity contribution >= 4 is 17.3 Å². The van der Waals surface area contributed by atoms with Crippen LogP contribution in [0.2, 0.25) is 0 Å². The molecule has 0 aliphatic rings. The summed E-state index contributed by atoms with van der Waals surface area (Å²) in [5, 5.41) is 2.69. The molecular formula is C15H24FN3O. The Hall–Kier alpha value is -1.62. The monoisotopic (exact) mass is 281 g/mol. The Bertz CT molecular complexity index is 462. The highest BCUT2D eigenvalue weighted by molar-refractivity contribution is 5.91. The lowest BCUT2D eigenvalue weighted by Gasteiger charge is -2.24. The molecule has 0 aliphatic heterocycles. The quantitative estimate of drug-likeness (QED) is 0.842. The van der Waals surface area contributed by atoms with Gasteiger partial charge in [0.05, 0.1) is 5.69 Å². The SMILES string of the molecule is CC(CN)CC(=O)Nc1ccc(N(C)C(C)C)c(F)c1. The maximum Gasteiger partial charge on any atom is 0.224 e. The molecule has 1 amide bonds. The second kappa shape index (κ2) is 7.24. The summed E-state index contributed by atoms with van der Waals surface area (Å²) >= 11 is 0. The highest BCUT2D eigenvalue weighted by Crippen LogP contribution is 2.23. The van der Waals surface area contributed by atoms with Crippen LogP contribution in [0.4, 0.5) is 15.8 Å². The molecule has 0 aliphatic carbocycles. The molecule has 112 valence electrons. The zero-order chi connectivity index (χ0) is 15.3. The van der Waals surface area contributed by atoms with Crippen molar-refractivity contribution in [1.82, 2.24) is 0 Å². The van der Waals surface area contributed by atoms with Crippen molar-refractivity contribution < 1.29 is 9.18 Å². The zero-order valence-corrected chi connectivity index (χ0v) is 12.6. The van der Waals surface area contributed by atoms with Crippen LogP contribution in [0.15, 0.2) is 18.2 Å². The highest BCUT2D eigenvalue weighted by Gasteiger charge is 2.13. The number of nitrogens with one attached hydrogen (secondary N) is 1. The van der Waals surface area contributed by atoms with Crippen molar-refractivity contribution in [2.45, 2.75) is 33.2 Å². The minimum Gasteiger partial charge on any atom is -0.370 e. The maximum atomic E-state index is 14.0. The molecule has 1 atom stereocenters. The third-order valence-corrected chi connectivity index (χ3v) is 3.32. The van der Waals surface area contributed by atoms with Gasteiger partial charge < -0.3 is 16.0 Å². The molecule has 0 saturated heterocycles. The van der Waals surface area contributed by atoms with Crippen LogP contribution in [0.1, 0.15) is 27.2 Å². The van der Waals surface area contributed by atoms with Gasteiger partial charge in [-0.3, -0.25) is 4.79 Å². The van der Waals surface area contributed by atoms with Gasteiger partial charge in [-0.15, -0.1) is 0 Å². The molecule has 0 saturated carbocycles. The molecule has 3 N–H and O–H groups in total. The van der Waals surface area contributed by atoms with Crippen LogP contribution in [0, 0.1) is 11.7 Å². The summed E-state index contributed by atoms with van der Waals surface area (Å²) in [6.07, 6.45) is 0.339. The van der Waals surface area contributed by atoms with E-state index in [4.69, 9.17) is 5.73 Å². The summed E-state index contributed by atoms with van der Waals surface area (Å²) in [6, 6.07) is 4.94. The predicted octanol–water partition coefficient (Wildman–Crippen LogP) is 2.59. The van der Waals surface area contributed by atoms with Crippen molar-refractivity contribution in [3.63, 3.8) is 0 Å². The Labute approximate surface area is 120 Å². The van der Waals surface area contributed by atoms with Crippen molar-refractivity contribution in [2.75, 3.05) is 23.8 Å². The molecule has 20 heavy (non-hydrogen) atoms. The van der Waals surface area contributed by atoms with E-state index in [9.17, 15) is 9.18 Å². The van der Waals surface area contributed by atoms with Gasteiger partial charge in [-0.2, -0.15) is 0 Å². The van der Waals surface area contributed by atoms with Crippen LogP contribution in [0.5, 0.6) is 0 Å². The minimum atomic E-state index is -0.342. The van der Waals surface area contributed by atoms with Gasteiger partial charge in [0.15, 0.2) is 0 Å². The highest BCUT2D eigenvalue weighted by atomic mass is 19.1. The summed E-state index contributed by atoms with van der Waals surface area (Å²) in [5.41, 5.74) is 6.47. The molecule has 0 spiro atoms. The fourth-order valence-corrected chi connectivity index (χ4v) is 1.76. The Kier molecular flexibility index (Phi) is 5.95. The fraction of sp³-hybridized carbons (Fsp3) is 0.533. The number of carbonyl (C=O) groups is 1. The molecule has 1 aromatic rings. The van der Waals surface area contributed by atoms with Gasteiger partial charge in [-0.25, -0.2) is 4.39 Å². The molecule has 1 rings (SSSR count). The largest absolute Gasteiger partial charge is 0.370 e. The molecule has 0 heterocycles.